The molecule has 0 saturated carbocycles. The summed E-state index contributed by atoms with van der Waals surface area (Å²) in [6.45, 7) is 11.3. The van der Waals surface area contributed by atoms with Gasteiger partial charge in [-0.3, -0.25) is 14.4 Å². The van der Waals surface area contributed by atoms with Gasteiger partial charge in [0, 0.05) is 31.1 Å². The maximum Gasteiger partial charge on any atom is 0.312 e. The Bertz CT molecular complexity index is 822. The molecule has 0 aliphatic carbocycles. The number of likely N-dealkylation sites (tertiary alicyclic amines) is 1. The summed E-state index contributed by atoms with van der Waals surface area (Å²) >= 11 is 3.68. The van der Waals surface area contributed by atoms with Crippen LogP contribution in [0.15, 0.2) is 25.3 Å². The molecule has 3 unspecified atom stereocenters. The van der Waals surface area contributed by atoms with Crippen LogP contribution in [0.5, 0.6) is 0 Å². The molecular formula is C27H41BrN2O6. The van der Waals surface area contributed by atoms with Gasteiger partial charge in [0.15, 0.2) is 0 Å². The highest BCUT2D eigenvalue weighted by Crippen LogP contribution is 2.60. The first-order chi connectivity index (χ1) is 17.4. The van der Waals surface area contributed by atoms with Gasteiger partial charge < -0.3 is 24.4 Å². The second-order valence-electron chi connectivity index (χ2n) is 10.0. The van der Waals surface area contributed by atoms with Crippen LogP contribution in [0.1, 0.15) is 58.3 Å². The van der Waals surface area contributed by atoms with Crippen LogP contribution in [0.2, 0.25) is 0 Å². The number of nitrogens with zero attached hydrogens (tertiary/aromatic N) is 2. The SMILES string of the molecule is C=CCCOC(=O)[C@H]1[C@@H]2OC3(CC2Br)C(C(=O)N(CC=C)CCCC)N(CCCCCCO)C(=O)[C@H]13. The molecule has 2 bridgehead atoms. The fourth-order valence-corrected chi connectivity index (χ4v) is 6.92. The van der Waals surface area contributed by atoms with E-state index in [1.807, 2.05) is 0 Å². The number of hydrogen-bond donors (Lipinski definition) is 1. The molecule has 0 aromatic heterocycles. The zero-order chi connectivity index (χ0) is 26.3. The van der Waals surface area contributed by atoms with E-state index in [1.54, 1.807) is 22.0 Å². The lowest BCUT2D eigenvalue weighted by atomic mass is 9.70. The smallest absolute Gasteiger partial charge is 0.312 e. The predicted octanol–water partition coefficient (Wildman–Crippen LogP) is 3.22. The summed E-state index contributed by atoms with van der Waals surface area (Å²) in [5.74, 6) is -2.28. The molecule has 3 rings (SSSR count). The van der Waals surface area contributed by atoms with Crippen molar-refractivity contribution in [2.45, 2.75) is 80.9 Å². The number of carbonyl (C=O) groups is 3. The molecule has 9 heteroatoms. The van der Waals surface area contributed by atoms with Gasteiger partial charge in [-0.1, -0.05) is 54.3 Å². The highest BCUT2D eigenvalue weighted by molar-refractivity contribution is 9.09. The number of unbranched alkanes of at least 4 members (excludes halogenated alkanes) is 4. The Morgan fingerprint density at radius 2 is 2.00 bits per heavy atom. The van der Waals surface area contributed by atoms with Crippen LogP contribution in [0, 0.1) is 11.8 Å². The molecule has 0 aromatic carbocycles. The minimum absolute atomic E-state index is 0.139. The third kappa shape index (κ3) is 5.58. The van der Waals surface area contributed by atoms with Gasteiger partial charge in [0.1, 0.15) is 11.6 Å². The number of halogens is 1. The molecule has 3 aliphatic rings. The van der Waals surface area contributed by atoms with Crippen molar-refractivity contribution in [3.05, 3.63) is 25.3 Å². The van der Waals surface area contributed by atoms with Crippen molar-refractivity contribution < 1.29 is 29.0 Å². The van der Waals surface area contributed by atoms with Gasteiger partial charge in [0.2, 0.25) is 11.8 Å². The zero-order valence-electron chi connectivity index (χ0n) is 21.4. The van der Waals surface area contributed by atoms with Crippen molar-refractivity contribution in [2.75, 3.05) is 32.8 Å². The van der Waals surface area contributed by atoms with Crippen molar-refractivity contribution in [2.24, 2.45) is 11.8 Å². The molecule has 3 fully saturated rings. The van der Waals surface area contributed by atoms with E-state index in [4.69, 9.17) is 14.6 Å². The fraction of sp³-hybridized carbons (Fsp3) is 0.741. The predicted molar refractivity (Wildman–Crippen MR) is 140 cm³/mol. The Hall–Kier alpha value is -1.71. The maximum atomic E-state index is 14.1. The third-order valence-electron chi connectivity index (χ3n) is 7.61. The first kappa shape index (κ1) is 28.9. The number of esters is 1. The second kappa shape index (κ2) is 13.2. The minimum Gasteiger partial charge on any atom is -0.465 e. The molecule has 1 spiro atoms. The average molecular weight is 570 g/mol. The van der Waals surface area contributed by atoms with E-state index in [0.717, 1.165) is 25.7 Å². The van der Waals surface area contributed by atoms with E-state index >= 15 is 0 Å². The van der Waals surface area contributed by atoms with Crippen molar-refractivity contribution >= 4 is 33.7 Å². The van der Waals surface area contributed by atoms with Crippen molar-refractivity contribution in [1.29, 1.82) is 0 Å². The quantitative estimate of drug-likeness (QED) is 0.133. The standard InChI is InChI=1S/C27H41BrN2O6/c1-4-7-14-29(13-6-3)25(33)23-27-18-19(28)22(36-27)20(26(34)35-17-8-5-2)21(27)24(32)30(23)15-11-9-10-12-16-31/h5-6,19-23,31H,2-4,7-18H2,1H3/t19?,20-,21+,22-,23?,27?/m1/s1. The van der Waals surface area contributed by atoms with Crippen LogP contribution in [0.3, 0.4) is 0 Å². The molecule has 0 radical (unpaired) electrons. The van der Waals surface area contributed by atoms with Crippen LogP contribution in [-0.2, 0) is 23.9 Å². The van der Waals surface area contributed by atoms with Gasteiger partial charge in [0.25, 0.3) is 0 Å². The van der Waals surface area contributed by atoms with E-state index < -0.39 is 35.6 Å². The van der Waals surface area contributed by atoms with Crippen molar-refractivity contribution in [1.82, 2.24) is 9.80 Å². The normalized spacial score (nSPS) is 30.4. The monoisotopic (exact) mass is 568 g/mol. The number of fused-ring (bicyclic) bond motifs is 1. The number of amides is 2. The highest BCUT2D eigenvalue weighted by Gasteiger charge is 2.77. The molecule has 36 heavy (non-hydrogen) atoms. The molecular weight excluding hydrogens is 528 g/mol. The van der Waals surface area contributed by atoms with Crippen molar-refractivity contribution in [3.63, 3.8) is 0 Å². The lowest BCUT2D eigenvalue weighted by Crippen LogP contribution is -2.57. The third-order valence-corrected chi connectivity index (χ3v) is 8.46. The number of aliphatic hydroxyl groups is 1. The van der Waals surface area contributed by atoms with Crippen LogP contribution in [0.4, 0.5) is 0 Å². The van der Waals surface area contributed by atoms with Crippen LogP contribution in [0.25, 0.3) is 0 Å². The second-order valence-corrected chi connectivity index (χ2v) is 11.2. The largest absolute Gasteiger partial charge is 0.465 e. The summed E-state index contributed by atoms with van der Waals surface area (Å²) in [4.78, 5) is 44.5. The summed E-state index contributed by atoms with van der Waals surface area (Å²) in [5.41, 5.74) is -1.06. The van der Waals surface area contributed by atoms with Crippen LogP contribution >= 0.6 is 15.9 Å². The van der Waals surface area contributed by atoms with Crippen LogP contribution in [-0.4, -0.2) is 88.1 Å². The molecule has 0 aromatic rings. The van der Waals surface area contributed by atoms with Gasteiger partial charge in [-0.05, 0) is 32.1 Å². The Balaban J connectivity index is 1.93. The van der Waals surface area contributed by atoms with E-state index in [9.17, 15) is 14.4 Å². The Morgan fingerprint density at radius 1 is 1.25 bits per heavy atom. The summed E-state index contributed by atoms with van der Waals surface area (Å²) < 4.78 is 12.0. The van der Waals surface area contributed by atoms with Gasteiger partial charge in [-0.15, -0.1) is 13.2 Å². The topological polar surface area (TPSA) is 96.4 Å². The summed E-state index contributed by atoms with van der Waals surface area (Å²) in [6, 6.07) is -0.791. The van der Waals surface area contributed by atoms with E-state index in [2.05, 4.69) is 36.0 Å². The summed E-state index contributed by atoms with van der Waals surface area (Å²) in [5, 5.41) is 9.09. The number of rotatable bonds is 16. The molecule has 202 valence electrons. The number of aliphatic hydroxyl groups excluding tert-OH is 1. The molecule has 2 amide bonds. The number of carbonyl (C=O) groups excluding carboxylic acids is 3. The van der Waals surface area contributed by atoms with Gasteiger partial charge in [-0.25, -0.2) is 0 Å². The van der Waals surface area contributed by atoms with Gasteiger partial charge in [-0.2, -0.15) is 0 Å². The Labute approximate surface area is 223 Å². The Morgan fingerprint density at radius 3 is 2.67 bits per heavy atom. The molecule has 8 nitrogen and oxygen atoms in total. The molecule has 3 aliphatic heterocycles. The number of hydrogen-bond acceptors (Lipinski definition) is 6. The lowest BCUT2D eigenvalue weighted by molar-refractivity contribution is -0.155. The molecule has 3 heterocycles. The van der Waals surface area contributed by atoms with Crippen LogP contribution < -0.4 is 0 Å². The van der Waals surface area contributed by atoms with E-state index in [-0.39, 0.29) is 29.9 Å². The summed E-state index contributed by atoms with van der Waals surface area (Å²) in [6.07, 6.45) is 8.79. The zero-order valence-corrected chi connectivity index (χ0v) is 23.0. The number of alkyl halides is 1. The first-order valence-electron chi connectivity index (χ1n) is 13.3. The van der Waals surface area contributed by atoms with E-state index in [1.165, 1.54) is 0 Å². The average Bonchev–Trinajstić information content (AvgIpc) is 3.45. The molecule has 3 saturated heterocycles. The van der Waals surface area contributed by atoms with Gasteiger partial charge >= 0.3 is 5.97 Å². The first-order valence-corrected chi connectivity index (χ1v) is 14.2. The molecule has 1 N–H and O–H groups in total. The maximum absolute atomic E-state index is 14.1. The van der Waals surface area contributed by atoms with E-state index in [0.29, 0.717) is 45.3 Å². The van der Waals surface area contributed by atoms with Gasteiger partial charge in [0.05, 0.1) is 24.5 Å². The summed E-state index contributed by atoms with van der Waals surface area (Å²) in [7, 11) is 0. The Kier molecular flexibility index (Phi) is 10.6. The lowest BCUT2D eigenvalue weighted by Gasteiger charge is -2.37. The molecule has 6 atom stereocenters. The number of ether oxygens (including phenoxy) is 2. The fourth-order valence-electron chi connectivity index (χ4n) is 5.97. The highest BCUT2D eigenvalue weighted by atomic mass is 79.9. The van der Waals surface area contributed by atoms with Crippen molar-refractivity contribution in [3.8, 4) is 0 Å². The minimum atomic E-state index is -1.06.